The highest BCUT2D eigenvalue weighted by Crippen LogP contribution is 2.29. The molecule has 1 atom stereocenters. The first-order valence-electron chi connectivity index (χ1n) is 7.48. The van der Waals surface area contributed by atoms with Gasteiger partial charge in [-0.15, -0.1) is 0 Å². The molecule has 2 fully saturated rings. The minimum Gasteiger partial charge on any atom is -0.368 e. The van der Waals surface area contributed by atoms with Gasteiger partial charge in [-0.1, -0.05) is 12.8 Å². The van der Waals surface area contributed by atoms with Gasteiger partial charge in [0.25, 0.3) is 0 Å². The zero-order valence-electron chi connectivity index (χ0n) is 11.7. The summed E-state index contributed by atoms with van der Waals surface area (Å²) in [6, 6.07) is 0. The van der Waals surface area contributed by atoms with Gasteiger partial charge in [0, 0.05) is 25.4 Å². The summed E-state index contributed by atoms with van der Waals surface area (Å²) in [5, 5.41) is 0. The molecule has 1 aromatic heterocycles. The Bertz CT molecular complexity index is 446. The molecule has 1 unspecified atom stereocenters. The third-order valence-electron chi connectivity index (χ3n) is 4.27. The van der Waals surface area contributed by atoms with Crippen LogP contribution in [0.15, 0.2) is 18.6 Å². The molecule has 1 aromatic rings. The maximum atomic E-state index is 12.4. The largest absolute Gasteiger partial charge is 0.368 e. The Balaban J connectivity index is 1.58. The van der Waals surface area contributed by atoms with Gasteiger partial charge in [0.2, 0.25) is 5.91 Å². The number of hydrogen-bond donors (Lipinski definition) is 0. The fourth-order valence-electron chi connectivity index (χ4n) is 3.12. The standard InChI is InChI=1S/C15H21N3O2/c19-15(9-12-3-1-2-4-12)18-7-8-20-14(11-18)13-10-16-5-6-17-13/h5-6,10,12,14H,1-4,7-9,11H2. The molecule has 2 aliphatic rings. The number of carbonyl (C=O) groups is 1. The monoisotopic (exact) mass is 275 g/mol. The van der Waals surface area contributed by atoms with Gasteiger partial charge in [-0.3, -0.25) is 14.8 Å². The van der Waals surface area contributed by atoms with Crippen molar-refractivity contribution in [2.75, 3.05) is 19.7 Å². The van der Waals surface area contributed by atoms with E-state index in [2.05, 4.69) is 9.97 Å². The lowest BCUT2D eigenvalue weighted by molar-refractivity contribution is -0.140. The Morgan fingerprint density at radius 1 is 1.35 bits per heavy atom. The summed E-state index contributed by atoms with van der Waals surface area (Å²) in [6.45, 7) is 1.88. The maximum absolute atomic E-state index is 12.4. The van der Waals surface area contributed by atoms with Crippen molar-refractivity contribution in [1.29, 1.82) is 0 Å². The molecule has 0 spiro atoms. The molecule has 5 nitrogen and oxygen atoms in total. The van der Waals surface area contributed by atoms with Crippen LogP contribution in [-0.2, 0) is 9.53 Å². The van der Waals surface area contributed by atoms with E-state index in [1.807, 2.05) is 4.90 Å². The lowest BCUT2D eigenvalue weighted by atomic mass is 10.0. The Labute approximate surface area is 119 Å². The number of morpholine rings is 1. The van der Waals surface area contributed by atoms with Gasteiger partial charge in [-0.2, -0.15) is 0 Å². The Kier molecular flexibility index (Phi) is 4.25. The average molecular weight is 275 g/mol. The summed E-state index contributed by atoms with van der Waals surface area (Å²) in [4.78, 5) is 22.6. The first-order valence-corrected chi connectivity index (χ1v) is 7.48. The molecule has 3 rings (SSSR count). The van der Waals surface area contributed by atoms with Gasteiger partial charge in [0.05, 0.1) is 25.0 Å². The normalized spacial score (nSPS) is 24.0. The van der Waals surface area contributed by atoms with Crippen LogP contribution in [0.3, 0.4) is 0 Å². The molecular weight excluding hydrogens is 254 g/mol. The number of rotatable bonds is 3. The first kappa shape index (κ1) is 13.5. The van der Waals surface area contributed by atoms with Crippen molar-refractivity contribution in [2.45, 2.75) is 38.2 Å². The first-order chi connectivity index (χ1) is 9.83. The maximum Gasteiger partial charge on any atom is 0.223 e. The van der Waals surface area contributed by atoms with Crippen molar-refractivity contribution in [1.82, 2.24) is 14.9 Å². The molecule has 0 aromatic carbocycles. The third-order valence-corrected chi connectivity index (χ3v) is 4.27. The van der Waals surface area contributed by atoms with Gasteiger partial charge in [-0.25, -0.2) is 0 Å². The minimum absolute atomic E-state index is 0.134. The minimum atomic E-state index is -0.134. The van der Waals surface area contributed by atoms with E-state index in [9.17, 15) is 4.79 Å². The highest BCUT2D eigenvalue weighted by Gasteiger charge is 2.28. The fourth-order valence-corrected chi connectivity index (χ4v) is 3.12. The number of aromatic nitrogens is 2. The van der Waals surface area contributed by atoms with Crippen LogP contribution < -0.4 is 0 Å². The zero-order chi connectivity index (χ0) is 13.8. The molecular formula is C15H21N3O2. The van der Waals surface area contributed by atoms with Crippen LogP contribution in [0.2, 0.25) is 0 Å². The highest BCUT2D eigenvalue weighted by atomic mass is 16.5. The molecule has 0 bridgehead atoms. The molecule has 0 radical (unpaired) electrons. The number of carbonyl (C=O) groups excluding carboxylic acids is 1. The number of amides is 1. The van der Waals surface area contributed by atoms with Crippen LogP contribution in [-0.4, -0.2) is 40.5 Å². The Morgan fingerprint density at radius 2 is 2.20 bits per heavy atom. The smallest absolute Gasteiger partial charge is 0.223 e. The van der Waals surface area contributed by atoms with E-state index in [-0.39, 0.29) is 12.0 Å². The van der Waals surface area contributed by atoms with Gasteiger partial charge in [0.1, 0.15) is 6.10 Å². The molecule has 2 heterocycles. The predicted octanol–water partition coefficient (Wildman–Crippen LogP) is 1.96. The van der Waals surface area contributed by atoms with Crippen LogP contribution in [0.1, 0.15) is 43.9 Å². The Hall–Kier alpha value is -1.49. The lowest BCUT2D eigenvalue weighted by Crippen LogP contribution is -2.42. The third kappa shape index (κ3) is 3.15. The molecule has 1 aliphatic heterocycles. The van der Waals surface area contributed by atoms with Gasteiger partial charge >= 0.3 is 0 Å². The van der Waals surface area contributed by atoms with Crippen molar-refractivity contribution in [3.63, 3.8) is 0 Å². The summed E-state index contributed by atoms with van der Waals surface area (Å²) in [7, 11) is 0. The van der Waals surface area contributed by atoms with Gasteiger partial charge < -0.3 is 9.64 Å². The second-order valence-corrected chi connectivity index (χ2v) is 5.68. The molecule has 5 heteroatoms. The Morgan fingerprint density at radius 3 is 2.95 bits per heavy atom. The van der Waals surface area contributed by atoms with Crippen LogP contribution in [0.25, 0.3) is 0 Å². The SMILES string of the molecule is O=C(CC1CCCC1)N1CCOC(c2cnccn2)C1. The summed E-state index contributed by atoms with van der Waals surface area (Å²) in [5.41, 5.74) is 0.811. The lowest BCUT2D eigenvalue weighted by Gasteiger charge is -2.33. The fraction of sp³-hybridized carbons (Fsp3) is 0.667. The van der Waals surface area contributed by atoms with E-state index in [0.717, 1.165) is 5.69 Å². The van der Waals surface area contributed by atoms with Crippen molar-refractivity contribution < 1.29 is 9.53 Å². The summed E-state index contributed by atoms with van der Waals surface area (Å²) >= 11 is 0. The molecule has 1 saturated carbocycles. The van der Waals surface area contributed by atoms with Crippen molar-refractivity contribution in [3.8, 4) is 0 Å². The van der Waals surface area contributed by atoms with E-state index < -0.39 is 0 Å². The van der Waals surface area contributed by atoms with Crippen LogP contribution >= 0.6 is 0 Å². The summed E-state index contributed by atoms with van der Waals surface area (Å²) in [5.74, 6) is 0.870. The van der Waals surface area contributed by atoms with E-state index in [1.54, 1.807) is 18.6 Å². The van der Waals surface area contributed by atoms with Gasteiger partial charge in [0.15, 0.2) is 0 Å². The van der Waals surface area contributed by atoms with Crippen LogP contribution in [0.4, 0.5) is 0 Å². The molecule has 0 N–H and O–H groups in total. The van der Waals surface area contributed by atoms with Crippen molar-refractivity contribution in [3.05, 3.63) is 24.3 Å². The van der Waals surface area contributed by atoms with Gasteiger partial charge in [-0.05, 0) is 18.8 Å². The molecule has 20 heavy (non-hydrogen) atoms. The van der Waals surface area contributed by atoms with Crippen LogP contribution in [0, 0.1) is 5.92 Å². The second-order valence-electron chi connectivity index (χ2n) is 5.68. The van der Waals surface area contributed by atoms with E-state index >= 15 is 0 Å². The van der Waals surface area contributed by atoms with Crippen molar-refractivity contribution in [2.24, 2.45) is 5.92 Å². The van der Waals surface area contributed by atoms with E-state index in [1.165, 1.54) is 25.7 Å². The number of ether oxygens (including phenoxy) is 1. The van der Waals surface area contributed by atoms with E-state index in [4.69, 9.17) is 4.74 Å². The van der Waals surface area contributed by atoms with E-state index in [0.29, 0.717) is 32.0 Å². The van der Waals surface area contributed by atoms with Crippen LogP contribution in [0.5, 0.6) is 0 Å². The number of hydrogen-bond acceptors (Lipinski definition) is 4. The topological polar surface area (TPSA) is 55.3 Å². The molecule has 1 saturated heterocycles. The number of nitrogens with zero attached hydrogens (tertiary/aromatic N) is 3. The zero-order valence-corrected chi connectivity index (χ0v) is 11.7. The molecule has 108 valence electrons. The molecule has 1 amide bonds. The summed E-state index contributed by atoms with van der Waals surface area (Å²) in [6.07, 6.45) is 10.6. The highest BCUT2D eigenvalue weighted by molar-refractivity contribution is 5.76. The average Bonchev–Trinajstić information content (AvgIpc) is 3.01. The second kappa shape index (κ2) is 6.31. The predicted molar refractivity (Wildman–Crippen MR) is 73.9 cm³/mol. The van der Waals surface area contributed by atoms with Crippen molar-refractivity contribution >= 4 is 5.91 Å². The quantitative estimate of drug-likeness (QED) is 0.846. The molecule has 1 aliphatic carbocycles. The summed E-state index contributed by atoms with van der Waals surface area (Å²) < 4.78 is 5.72.